The number of hydrogen-bond acceptors (Lipinski definition) is 3. The Bertz CT molecular complexity index is 1460. The Morgan fingerprint density at radius 3 is 2.49 bits per heavy atom. The molecule has 0 unspecified atom stereocenters. The number of aryl methyl sites for hydroxylation is 1. The normalized spacial score (nSPS) is 13.3. The van der Waals surface area contributed by atoms with Gasteiger partial charge in [0, 0.05) is 45.2 Å². The van der Waals surface area contributed by atoms with E-state index in [4.69, 9.17) is 11.6 Å². The fourth-order valence-electron chi connectivity index (χ4n) is 3.85. The van der Waals surface area contributed by atoms with E-state index in [2.05, 4.69) is 26.3 Å². The second-order valence-corrected chi connectivity index (χ2v) is 8.58. The number of benzene rings is 3. The number of amides is 3. The zero-order valence-corrected chi connectivity index (χ0v) is 19.5. The third kappa shape index (κ3) is 5.05. The lowest BCUT2D eigenvalue weighted by Crippen LogP contribution is -2.19. The monoisotopic (exact) mass is 483 g/mol. The fourth-order valence-corrected chi connectivity index (χ4v) is 4.04. The van der Waals surface area contributed by atoms with E-state index in [9.17, 15) is 9.59 Å². The molecular weight excluding hydrogens is 462 g/mol. The van der Waals surface area contributed by atoms with Crippen LogP contribution in [0, 0.1) is 6.92 Å². The van der Waals surface area contributed by atoms with E-state index in [0.717, 1.165) is 33.9 Å². The van der Waals surface area contributed by atoms with E-state index in [0.29, 0.717) is 22.0 Å². The average Bonchev–Trinajstić information content (AvgIpc) is 3.44. The van der Waals surface area contributed by atoms with E-state index in [-0.39, 0.29) is 11.9 Å². The minimum Gasteiger partial charge on any atom is -0.362 e. The Kier molecular flexibility index (Phi) is 5.99. The molecule has 1 aliphatic rings. The average molecular weight is 484 g/mol. The van der Waals surface area contributed by atoms with Gasteiger partial charge in [-0.3, -0.25) is 4.79 Å². The van der Waals surface area contributed by atoms with Crippen molar-refractivity contribution in [2.24, 2.45) is 0 Å². The highest BCUT2D eigenvalue weighted by Gasteiger charge is 2.24. The third-order valence-electron chi connectivity index (χ3n) is 5.58. The molecule has 0 radical (unpaired) electrons. The highest BCUT2D eigenvalue weighted by Crippen LogP contribution is 2.36. The summed E-state index contributed by atoms with van der Waals surface area (Å²) in [6, 6.07) is 21.7. The van der Waals surface area contributed by atoms with Gasteiger partial charge in [-0.15, -0.1) is 0 Å². The van der Waals surface area contributed by atoms with Crippen molar-refractivity contribution in [2.75, 3.05) is 21.3 Å². The van der Waals surface area contributed by atoms with Crippen molar-refractivity contribution in [3.05, 3.63) is 101 Å². The van der Waals surface area contributed by atoms with Crippen molar-refractivity contribution in [2.45, 2.75) is 6.92 Å². The first-order valence-corrected chi connectivity index (χ1v) is 11.3. The number of aromatic amines is 1. The lowest BCUT2D eigenvalue weighted by molar-refractivity contribution is -0.110. The van der Waals surface area contributed by atoms with Crippen LogP contribution in [0.5, 0.6) is 0 Å². The summed E-state index contributed by atoms with van der Waals surface area (Å²) in [6.45, 7) is 1.98. The van der Waals surface area contributed by atoms with Crippen molar-refractivity contribution in [1.82, 2.24) is 4.98 Å². The number of H-pyrrole nitrogens is 1. The standard InChI is InChI=1S/C27H22ClN5O2/c1-16-7-8-21(32-27(35)31-19-5-2-4-17(28)12-19)14-24(16)30-20-9-10-22-23(13-18-6-3-11-29-18)26(34)33-25(22)15-20/h2-15,29-30H,1H3,(H,33,34)(H2,31,32,35). The number of rotatable bonds is 5. The summed E-state index contributed by atoms with van der Waals surface area (Å²) in [4.78, 5) is 28.0. The summed E-state index contributed by atoms with van der Waals surface area (Å²) < 4.78 is 0. The number of aromatic nitrogens is 1. The van der Waals surface area contributed by atoms with Crippen LogP contribution in [0.3, 0.4) is 0 Å². The van der Waals surface area contributed by atoms with Crippen molar-refractivity contribution < 1.29 is 9.59 Å². The van der Waals surface area contributed by atoms with Crippen molar-refractivity contribution in [3.8, 4) is 0 Å². The van der Waals surface area contributed by atoms with Gasteiger partial charge in [0.15, 0.2) is 0 Å². The molecule has 1 aromatic heterocycles. The fraction of sp³-hybridized carbons (Fsp3) is 0.0370. The van der Waals surface area contributed by atoms with Crippen LogP contribution in [0.15, 0.2) is 79.0 Å². The highest BCUT2D eigenvalue weighted by molar-refractivity contribution is 6.35. The number of fused-ring (bicyclic) bond motifs is 1. The minimum atomic E-state index is -0.372. The number of carbonyl (C=O) groups excluding carboxylic acids is 2. The second kappa shape index (κ2) is 9.40. The van der Waals surface area contributed by atoms with Gasteiger partial charge in [-0.05, 0) is 73.2 Å². The minimum absolute atomic E-state index is 0.139. The molecule has 1 aliphatic heterocycles. The van der Waals surface area contributed by atoms with Gasteiger partial charge < -0.3 is 26.3 Å². The predicted molar refractivity (Wildman–Crippen MR) is 142 cm³/mol. The molecule has 0 saturated carbocycles. The maximum Gasteiger partial charge on any atom is 0.323 e. The van der Waals surface area contributed by atoms with Crippen LogP contribution in [0.1, 0.15) is 16.8 Å². The molecule has 8 heteroatoms. The quantitative estimate of drug-likeness (QED) is 0.201. The maximum absolute atomic E-state index is 12.5. The first kappa shape index (κ1) is 22.3. The van der Waals surface area contributed by atoms with Crippen molar-refractivity contribution in [1.29, 1.82) is 0 Å². The highest BCUT2D eigenvalue weighted by atomic mass is 35.5. The van der Waals surface area contributed by atoms with E-state index in [1.54, 1.807) is 24.3 Å². The Hall–Kier alpha value is -4.49. The Morgan fingerprint density at radius 1 is 0.914 bits per heavy atom. The van der Waals surface area contributed by atoms with E-state index < -0.39 is 0 Å². The number of urea groups is 1. The largest absolute Gasteiger partial charge is 0.362 e. The van der Waals surface area contributed by atoms with Gasteiger partial charge in [0.25, 0.3) is 5.91 Å². The molecule has 0 fully saturated rings. The van der Waals surface area contributed by atoms with Crippen molar-refractivity contribution >= 4 is 63.6 Å². The number of carbonyl (C=O) groups is 2. The molecule has 5 N–H and O–H groups in total. The smallest absolute Gasteiger partial charge is 0.323 e. The molecule has 0 bridgehead atoms. The van der Waals surface area contributed by atoms with Crippen LogP contribution in [0.4, 0.5) is 33.2 Å². The number of nitrogens with one attached hydrogen (secondary N) is 5. The summed E-state index contributed by atoms with van der Waals surface area (Å²) in [7, 11) is 0. The SMILES string of the molecule is Cc1ccc(NC(=O)Nc2cccc(Cl)c2)cc1Nc1ccc2c(c1)NC(=O)C2=Cc1ccc[nH]1. The molecule has 4 aromatic rings. The molecule has 35 heavy (non-hydrogen) atoms. The zero-order valence-electron chi connectivity index (χ0n) is 18.8. The summed E-state index contributed by atoms with van der Waals surface area (Å²) in [5, 5.41) is 12.5. The lowest BCUT2D eigenvalue weighted by Gasteiger charge is -2.14. The number of anilines is 5. The zero-order chi connectivity index (χ0) is 24.4. The lowest BCUT2D eigenvalue weighted by atomic mass is 10.1. The van der Waals surface area contributed by atoms with E-state index in [1.807, 2.05) is 67.7 Å². The van der Waals surface area contributed by atoms with Crippen LogP contribution in [0.25, 0.3) is 11.6 Å². The molecule has 2 heterocycles. The first-order valence-electron chi connectivity index (χ1n) is 11.0. The first-order chi connectivity index (χ1) is 16.9. The molecule has 3 amide bonds. The number of hydrogen-bond donors (Lipinski definition) is 5. The van der Waals surface area contributed by atoms with E-state index in [1.165, 1.54) is 0 Å². The predicted octanol–water partition coefficient (Wildman–Crippen LogP) is 6.86. The van der Waals surface area contributed by atoms with Gasteiger partial charge in [0.2, 0.25) is 0 Å². The third-order valence-corrected chi connectivity index (χ3v) is 5.82. The van der Waals surface area contributed by atoms with E-state index >= 15 is 0 Å². The maximum atomic E-state index is 12.5. The summed E-state index contributed by atoms with van der Waals surface area (Å²) >= 11 is 5.98. The van der Waals surface area contributed by atoms with Gasteiger partial charge in [0.1, 0.15) is 0 Å². The molecule has 7 nitrogen and oxygen atoms in total. The van der Waals surface area contributed by atoms with Gasteiger partial charge in [-0.2, -0.15) is 0 Å². The van der Waals surface area contributed by atoms with Crippen LogP contribution >= 0.6 is 11.6 Å². The van der Waals surface area contributed by atoms with Crippen LogP contribution < -0.4 is 21.3 Å². The summed E-state index contributed by atoms with van der Waals surface area (Å²) in [5.74, 6) is -0.139. The molecule has 0 spiro atoms. The van der Waals surface area contributed by atoms with Gasteiger partial charge in [-0.1, -0.05) is 29.8 Å². The molecule has 0 aliphatic carbocycles. The number of halogens is 1. The van der Waals surface area contributed by atoms with Crippen LogP contribution in [0.2, 0.25) is 5.02 Å². The molecule has 3 aromatic carbocycles. The van der Waals surface area contributed by atoms with Gasteiger partial charge in [0.05, 0.1) is 11.3 Å². The van der Waals surface area contributed by atoms with Crippen LogP contribution in [-0.4, -0.2) is 16.9 Å². The van der Waals surface area contributed by atoms with Crippen LogP contribution in [-0.2, 0) is 4.79 Å². The summed E-state index contributed by atoms with van der Waals surface area (Å²) in [5.41, 5.74) is 6.94. The molecular formula is C27H22ClN5O2. The van der Waals surface area contributed by atoms with Crippen molar-refractivity contribution in [3.63, 3.8) is 0 Å². The Labute approximate surface area is 207 Å². The van der Waals surface area contributed by atoms with Gasteiger partial charge in [-0.25, -0.2) is 4.79 Å². The molecule has 174 valence electrons. The molecule has 5 rings (SSSR count). The molecule has 0 atom stereocenters. The van der Waals surface area contributed by atoms with Gasteiger partial charge >= 0.3 is 6.03 Å². The summed E-state index contributed by atoms with van der Waals surface area (Å²) in [6.07, 6.45) is 3.65. The Morgan fingerprint density at radius 2 is 1.71 bits per heavy atom. The topological polar surface area (TPSA) is 98.0 Å². The second-order valence-electron chi connectivity index (χ2n) is 8.14. The molecule has 0 saturated heterocycles. The Balaban J connectivity index is 1.32.